The van der Waals surface area contributed by atoms with E-state index in [4.69, 9.17) is 23.7 Å². The van der Waals surface area contributed by atoms with E-state index in [2.05, 4.69) is 10.6 Å². The van der Waals surface area contributed by atoms with Gasteiger partial charge in [0.15, 0.2) is 0 Å². The van der Waals surface area contributed by atoms with Crippen molar-refractivity contribution in [3.63, 3.8) is 0 Å². The zero-order valence-corrected chi connectivity index (χ0v) is 17.8. The second-order valence-corrected chi connectivity index (χ2v) is 6.78. The van der Waals surface area contributed by atoms with Crippen molar-refractivity contribution in [1.82, 2.24) is 10.6 Å². The Balaban J connectivity index is 1.90. The van der Waals surface area contributed by atoms with Gasteiger partial charge >= 0.3 is 0 Å². The van der Waals surface area contributed by atoms with Crippen molar-refractivity contribution in [1.29, 1.82) is 0 Å². The summed E-state index contributed by atoms with van der Waals surface area (Å²) in [7, 11) is 0. The monoisotopic (exact) mass is 436 g/mol. The molecule has 176 valence electrons. The molecule has 11 nitrogen and oxygen atoms in total. The number of nitrogens with one attached hydrogen (secondary N) is 2. The highest BCUT2D eigenvalue weighted by Crippen LogP contribution is 2.16. The van der Waals surface area contributed by atoms with Gasteiger partial charge in [-0.2, -0.15) is 0 Å². The summed E-state index contributed by atoms with van der Waals surface area (Å²) in [6, 6.07) is -0.635. The number of aliphatic hydroxyl groups excluding tert-OH is 2. The molecular weight excluding hydrogens is 400 g/mol. The van der Waals surface area contributed by atoms with E-state index < -0.39 is 24.4 Å². The maximum atomic E-state index is 11.1. The fourth-order valence-corrected chi connectivity index (χ4v) is 2.66. The van der Waals surface area contributed by atoms with Crippen LogP contribution >= 0.6 is 0 Å². The van der Waals surface area contributed by atoms with Crippen LogP contribution in [0, 0.1) is 0 Å². The summed E-state index contributed by atoms with van der Waals surface area (Å²) in [5, 5.41) is 25.3. The predicted molar refractivity (Wildman–Crippen MR) is 106 cm³/mol. The Morgan fingerprint density at radius 3 is 2.07 bits per heavy atom. The lowest BCUT2D eigenvalue weighted by Crippen LogP contribution is -2.59. The van der Waals surface area contributed by atoms with Gasteiger partial charge in [-0.15, -0.1) is 0 Å². The summed E-state index contributed by atoms with van der Waals surface area (Å²) >= 11 is 0. The van der Waals surface area contributed by atoms with Gasteiger partial charge < -0.3 is 44.5 Å². The number of ether oxygens (including phenoxy) is 5. The highest BCUT2D eigenvalue weighted by atomic mass is 16.6. The number of carbonyl (C=O) groups is 2. The van der Waals surface area contributed by atoms with Gasteiger partial charge in [0.05, 0.1) is 65.5 Å². The molecule has 1 heterocycles. The molecule has 30 heavy (non-hydrogen) atoms. The van der Waals surface area contributed by atoms with Crippen molar-refractivity contribution in [2.75, 3.05) is 66.0 Å². The molecule has 0 bridgehead atoms. The van der Waals surface area contributed by atoms with Crippen LogP contribution in [0.25, 0.3) is 0 Å². The van der Waals surface area contributed by atoms with Crippen LogP contribution in [0.15, 0.2) is 0 Å². The van der Waals surface area contributed by atoms with Crippen LogP contribution < -0.4 is 10.6 Å². The van der Waals surface area contributed by atoms with Gasteiger partial charge in [-0.1, -0.05) is 6.92 Å². The first-order valence-corrected chi connectivity index (χ1v) is 10.3. The molecule has 1 saturated heterocycles. The maximum Gasteiger partial charge on any atom is 0.219 e. The normalized spacial score (nSPS) is 23.9. The van der Waals surface area contributed by atoms with Crippen molar-refractivity contribution < 1.29 is 43.5 Å². The first-order chi connectivity index (χ1) is 14.5. The van der Waals surface area contributed by atoms with Crippen LogP contribution in [0.2, 0.25) is 0 Å². The second-order valence-electron chi connectivity index (χ2n) is 6.78. The van der Waals surface area contributed by atoms with Gasteiger partial charge in [-0.05, 0) is 0 Å². The zero-order chi connectivity index (χ0) is 22.2. The van der Waals surface area contributed by atoms with E-state index in [1.165, 1.54) is 6.92 Å². The lowest BCUT2D eigenvalue weighted by molar-refractivity contribution is -0.171. The SMILES string of the molecule is CCC(=O)NCCOCCOCCOCCOC[C@H]1OC[C@@H](NC(C)=O)[C@@H](O)[C@H]1O. The average molecular weight is 437 g/mol. The lowest BCUT2D eigenvalue weighted by Gasteiger charge is -2.37. The molecule has 4 N–H and O–H groups in total. The number of aliphatic hydroxyl groups is 2. The van der Waals surface area contributed by atoms with E-state index in [1.54, 1.807) is 6.92 Å². The topological polar surface area (TPSA) is 145 Å². The number of carbonyl (C=O) groups excluding carboxylic acids is 2. The maximum absolute atomic E-state index is 11.1. The zero-order valence-electron chi connectivity index (χ0n) is 17.8. The van der Waals surface area contributed by atoms with Gasteiger partial charge in [0.2, 0.25) is 11.8 Å². The van der Waals surface area contributed by atoms with E-state index in [9.17, 15) is 19.8 Å². The van der Waals surface area contributed by atoms with Crippen LogP contribution in [-0.4, -0.2) is 112 Å². The molecule has 0 aliphatic carbocycles. The van der Waals surface area contributed by atoms with Crippen LogP contribution in [0.1, 0.15) is 20.3 Å². The van der Waals surface area contributed by atoms with E-state index in [1.807, 2.05) is 0 Å². The van der Waals surface area contributed by atoms with E-state index in [0.717, 1.165) is 0 Å². The number of hydrogen-bond acceptors (Lipinski definition) is 9. The van der Waals surface area contributed by atoms with Gasteiger partial charge in [-0.3, -0.25) is 9.59 Å². The molecule has 0 radical (unpaired) electrons. The van der Waals surface area contributed by atoms with Gasteiger partial charge in [0, 0.05) is 19.9 Å². The average Bonchev–Trinajstić information content (AvgIpc) is 2.72. The summed E-state index contributed by atoms with van der Waals surface area (Å²) in [5.41, 5.74) is 0. The summed E-state index contributed by atoms with van der Waals surface area (Å²) in [4.78, 5) is 22.1. The van der Waals surface area contributed by atoms with Crippen LogP contribution in [0.5, 0.6) is 0 Å². The molecule has 0 aromatic rings. The molecule has 2 amide bonds. The lowest BCUT2D eigenvalue weighted by atomic mass is 9.98. The van der Waals surface area contributed by atoms with Crippen molar-refractivity contribution in [3.05, 3.63) is 0 Å². The molecule has 4 atom stereocenters. The summed E-state index contributed by atoms with van der Waals surface area (Å²) in [6.45, 7) is 6.70. The third-order valence-electron chi connectivity index (χ3n) is 4.31. The Morgan fingerprint density at radius 2 is 1.50 bits per heavy atom. The van der Waals surface area contributed by atoms with E-state index in [-0.39, 0.29) is 25.0 Å². The van der Waals surface area contributed by atoms with Gasteiger partial charge in [0.1, 0.15) is 18.3 Å². The minimum Gasteiger partial charge on any atom is -0.388 e. The smallest absolute Gasteiger partial charge is 0.219 e. The highest BCUT2D eigenvalue weighted by molar-refractivity contribution is 5.75. The molecule has 0 spiro atoms. The second kappa shape index (κ2) is 16.4. The van der Waals surface area contributed by atoms with Crippen molar-refractivity contribution in [2.24, 2.45) is 0 Å². The number of hydrogen-bond donors (Lipinski definition) is 4. The first kappa shape index (κ1) is 26.7. The fraction of sp³-hybridized carbons (Fsp3) is 0.895. The molecule has 0 aromatic heterocycles. The molecular formula is C19H36N2O9. The standard InChI is InChI=1S/C19H36N2O9/c1-3-17(23)20-4-5-26-6-7-27-8-9-28-10-11-29-13-16-19(25)18(24)15(12-30-16)21-14(2)22/h15-16,18-19,24-25H,3-13H2,1-2H3,(H,20,23)(H,21,22)/t15-,16-,18-,19+/m1/s1. The molecule has 1 rings (SSSR count). The Labute approximate surface area is 177 Å². The van der Waals surface area contributed by atoms with Gasteiger partial charge in [0.25, 0.3) is 0 Å². The highest BCUT2D eigenvalue weighted by Gasteiger charge is 2.38. The summed E-state index contributed by atoms with van der Waals surface area (Å²) < 4.78 is 26.9. The molecule has 0 saturated carbocycles. The van der Waals surface area contributed by atoms with Crippen molar-refractivity contribution >= 4 is 11.8 Å². The molecule has 1 aliphatic heterocycles. The number of rotatable bonds is 16. The Kier molecular flexibility index (Phi) is 14.6. The van der Waals surface area contributed by atoms with Crippen LogP contribution in [0.4, 0.5) is 0 Å². The van der Waals surface area contributed by atoms with Crippen LogP contribution in [-0.2, 0) is 33.3 Å². The summed E-state index contributed by atoms with van der Waals surface area (Å²) in [5.74, 6) is -0.290. The van der Waals surface area contributed by atoms with Crippen LogP contribution in [0.3, 0.4) is 0 Å². The van der Waals surface area contributed by atoms with Crippen molar-refractivity contribution in [3.8, 4) is 0 Å². The Hall–Kier alpha value is -1.34. The van der Waals surface area contributed by atoms with E-state index >= 15 is 0 Å². The first-order valence-electron chi connectivity index (χ1n) is 10.3. The molecule has 11 heteroatoms. The quantitative estimate of drug-likeness (QED) is 0.206. The van der Waals surface area contributed by atoms with Gasteiger partial charge in [-0.25, -0.2) is 0 Å². The Morgan fingerprint density at radius 1 is 0.933 bits per heavy atom. The minimum absolute atomic E-state index is 0.00613. The minimum atomic E-state index is -1.14. The molecule has 1 fully saturated rings. The molecule has 0 aromatic carbocycles. The van der Waals surface area contributed by atoms with Crippen molar-refractivity contribution in [2.45, 2.75) is 44.6 Å². The largest absolute Gasteiger partial charge is 0.388 e. The fourth-order valence-electron chi connectivity index (χ4n) is 2.66. The number of amides is 2. The summed E-state index contributed by atoms with van der Waals surface area (Å²) in [6.07, 6.45) is -2.45. The van der Waals surface area contributed by atoms with E-state index in [0.29, 0.717) is 59.2 Å². The molecule has 0 unspecified atom stereocenters. The third kappa shape index (κ3) is 11.7. The Bertz CT molecular complexity index is 481. The third-order valence-corrected chi connectivity index (χ3v) is 4.31. The molecule has 1 aliphatic rings. The predicted octanol–water partition coefficient (Wildman–Crippen LogP) is -1.80.